The highest BCUT2D eigenvalue weighted by Gasteiger charge is 2.42. The Bertz CT molecular complexity index is 3090. The Balaban J connectivity index is 0.724. The predicted molar refractivity (Wildman–Crippen MR) is 275 cm³/mol. The maximum absolute atomic E-state index is 13.6. The van der Waals surface area contributed by atoms with Crippen molar-refractivity contribution in [1.29, 1.82) is 5.41 Å². The molecule has 4 amide bonds. The minimum atomic E-state index is -1.15. The molecule has 370 valence electrons. The van der Waals surface area contributed by atoms with Gasteiger partial charge in [-0.3, -0.25) is 34.7 Å². The number of imide groups is 1. The van der Waals surface area contributed by atoms with Crippen LogP contribution < -0.4 is 30.9 Å². The van der Waals surface area contributed by atoms with Crippen LogP contribution in [0.5, 0.6) is 5.75 Å². The molecule has 6 aromatic rings. The summed E-state index contributed by atoms with van der Waals surface area (Å²) in [5.74, 6) is -1.94. The smallest absolute Gasteiger partial charge is 0.355 e. The van der Waals surface area contributed by atoms with Crippen molar-refractivity contribution in [2.24, 2.45) is 5.92 Å². The molecule has 1 unspecified atom stereocenters. The molecular formula is C54H55N9O8S. The van der Waals surface area contributed by atoms with Crippen LogP contribution in [0.15, 0.2) is 91.0 Å². The van der Waals surface area contributed by atoms with Crippen LogP contribution in [-0.4, -0.2) is 107 Å². The monoisotopic (exact) mass is 989 g/mol. The number of rotatable bonds is 16. The number of aromatic carboxylic acids is 1. The van der Waals surface area contributed by atoms with Crippen LogP contribution in [0.3, 0.4) is 0 Å². The molecule has 6 heterocycles. The van der Waals surface area contributed by atoms with E-state index < -0.39 is 17.8 Å². The molecule has 4 atom stereocenters. The first-order valence-electron chi connectivity index (χ1n) is 24.3. The zero-order valence-electron chi connectivity index (χ0n) is 40.0. The fourth-order valence-electron chi connectivity index (χ4n) is 10.7. The number of nitrogens with one attached hydrogen (secondary N) is 5. The Morgan fingerprint density at radius 3 is 2.46 bits per heavy atom. The van der Waals surface area contributed by atoms with Crippen LogP contribution in [0.25, 0.3) is 21.3 Å². The number of ether oxygens (including phenoxy) is 2. The van der Waals surface area contributed by atoms with Crippen molar-refractivity contribution in [2.45, 2.75) is 76.6 Å². The molecule has 3 fully saturated rings. The summed E-state index contributed by atoms with van der Waals surface area (Å²) in [5.41, 5.74) is 7.00. The lowest BCUT2D eigenvalue weighted by Crippen LogP contribution is -2.48. The fraction of sp³-hybridized carbons (Fsp3) is 0.333. The SMILES string of the molecule is CNc1cc(NC(=O)CN2[C@@H]3CC[C@H]2C[C@@H](OCCOc2cccc(-c4ccc(N5CCc6cccc(C(=O)Nc7nc8ccccc8s7)c6C5)nc4C(=O)O)c2C)C3)ccc1C(=N)C1CCC(=O)NC1=O. The number of hydrogen-bond donors (Lipinski definition) is 6. The van der Waals surface area contributed by atoms with Crippen molar-refractivity contribution in [2.75, 3.05) is 54.2 Å². The molecule has 6 N–H and O–H groups in total. The predicted octanol–water partition coefficient (Wildman–Crippen LogP) is 7.67. The van der Waals surface area contributed by atoms with E-state index in [0.717, 1.165) is 52.6 Å². The largest absolute Gasteiger partial charge is 0.491 e. The summed E-state index contributed by atoms with van der Waals surface area (Å²) >= 11 is 1.42. The molecule has 4 aliphatic rings. The third-order valence-electron chi connectivity index (χ3n) is 14.3. The standard InChI is InChI=1S/C54H55N9O8S/c1-30-36(37-17-19-46(59-50(37)53(68)69)62-22-21-31-7-5-9-38(41(31)28-62)51(66)61-54-58-42-10-3-4-12-45(42)72-54)8-6-11-44(30)71-24-23-70-35-26-33-14-15-34(27-35)63(33)29-48(65)57-32-13-16-39(43(25-32)56-2)49(55)40-18-20-47(64)60-52(40)67/h3-13,16-17,19,25,33-35,40,55-56H,14-15,18,20-24,26-29H2,1-2H3,(H,57,65)(H,68,69)(H,58,61,66)(H,60,64,67)/t33-,34+,35+,40?. The molecule has 18 heteroatoms. The summed E-state index contributed by atoms with van der Waals surface area (Å²) in [5, 5.41) is 31.1. The van der Waals surface area contributed by atoms with Crippen LogP contribution in [0, 0.1) is 18.3 Å². The van der Waals surface area contributed by atoms with Crippen molar-refractivity contribution >= 4 is 79.2 Å². The molecule has 17 nitrogen and oxygen atoms in total. The summed E-state index contributed by atoms with van der Waals surface area (Å²) in [4.78, 5) is 77.5. The maximum atomic E-state index is 13.6. The number of anilines is 4. The molecule has 2 bridgehead atoms. The van der Waals surface area contributed by atoms with Gasteiger partial charge in [-0.15, -0.1) is 0 Å². The van der Waals surface area contributed by atoms with Gasteiger partial charge in [-0.25, -0.2) is 14.8 Å². The van der Waals surface area contributed by atoms with E-state index in [1.807, 2.05) is 78.6 Å². The van der Waals surface area contributed by atoms with Crippen molar-refractivity contribution < 1.29 is 38.6 Å². The van der Waals surface area contributed by atoms with E-state index >= 15 is 0 Å². The molecule has 2 aromatic heterocycles. The number of carboxylic acid groups (broad SMARTS) is 1. The van der Waals surface area contributed by atoms with Gasteiger partial charge in [0.2, 0.25) is 17.7 Å². The number of aromatic nitrogens is 2. The molecule has 0 saturated carbocycles. The molecule has 3 saturated heterocycles. The minimum Gasteiger partial charge on any atom is -0.491 e. The second kappa shape index (κ2) is 20.7. The lowest BCUT2D eigenvalue weighted by Gasteiger charge is -2.38. The van der Waals surface area contributed by atoms with E-state index in [1.165, 1.54) is 11.3 Å². The number of carbonyl (C=O) groups excluding carboxylic acids is 4. The second-order valence-electron chi connectivity index (χ2n) is 18.7. The van der Waals surface area contributed by atoms with Gasteiger partial charge >= 0.3 is 5.97 Å². The Kier molecular flexibility index (Phi) is 13.8. The number of benzene rings is 4. The Labute approximate surface area is 419 Å². The number of carboxylic acids is 1. The first-order chi connectivity index (χ1) is 34.9. The number of para-hydroxylation sites is 1. The van der Waals surface area contributed by atoms with Crippen LogP contribution >= 0.6 is 11.3 Å². The van der Waals surface area contributed by atoms with Gasteiger partial charge in [0.15, 0.2) is 10.8 Å². The van der Waals surface area contributed by atoms with Gasteiger partial charge < -0.3 is 35.5 Å². The van der Waals surface area contributed by atoms with E-state index in [1.54, 1.807) is 31.3 Å². The van der Waals surface area contributed by atoms with Gasteiger partial charge in [-0.2, -0.15) is 0 Å². The average molecular weight is 990 g/mol. The van der Waals surface area contributed by atoms with E-state index in [0.29, 0.717) is 83.1 Å². The zero-order chi connectivity index (χ0) is 50.0. The zero-order valence-corrected chi connectivity index (χ0v) is 40.8. The van der Waals surface area contributed by atoms with Gasteiger partial charge in [0.05, 0.1) is 41.1 Å². The lowest BCUT2D eigenvalue weighted by atomic mass is 9.88. The topological polar surface area (TPSA) is 228 Å². The third kappa shape index (κ3) is 10.0. The van der Waals surface area contributed by atoms with Crippen molar-refractivity contribution in [3.63, 3.8) is 0 Å². The van der Waals surface area contributed by atoms with Gasteiger partial charge in [0.25, 0.3) is 5.91 Å². The Morgan fingerprint density at radius 2 is 1.68 bits per heavy atom. The average Bonchev–Trinajstić information content (AvgIpc) is 3.88. The minimum absolute atomic E-state index is 0.0209. The van der Waals surface area contributed by atoms with Crippen LogP contribution in [0.2, 0.25) is 0 Å². The molecule has 10 rings (SSSR count). The van der Waals surface area contributed by atoms with E-state index in [9.17, 15) is 29.1 Å². The van der Waals surface area contributed by atoms with Crippen molar-refractivity contribution in [3.05, 3.63) is 125 Å². The van der Waals surface area contributed by atoms with Crippen LogP contribution in [0.4, 0.5) is 22.3 Å². The number of piperidine rings is 2. The summed E-state index contributed by atoms with van der Waals surface area (Å²) < 4.78 is 13.6. The van der Waals surface area contributed by atoms with Gasteiger partial charge in [0.1, 0.15) is 18.2 Å². The summed E-state index contributed by atoms with van der Waals surface area (Å²) in [6.45, 7) is 3.79. The van der Waals surface area contributed by atoms with E-state index in [2.05, 4.69) is 31.2 Å². The number of nitrogens with zero attached hydrogens (tertiary/aromatic N) is 4. The summed E-state index contributed by atoms with van der Waals surface area (Å²) in [7, 11) is 1.72. The molecule has 0 aliphatic carbocycles. The lowest BCUT2D eigenvalue weighted by molar-refractivity contribution is -0.134. The number of thiazole rings is 1. The molecule has 0 spiro atoms. The number of fused-ring (bicyclic) bond motifs is 4. The number of pyridine rings is 1. The normalized spacial score (nSPS) is 19.6. The highest BCUT2D eigenvalue weighted by molar-refractivity contribution is 7.22. The molecular weight excluding hydrogens is 935 g/mol. The van der Waals surface area contributed by atoms with Gasteiger partial charge in [-0.1, -0.05) is 47.7 Å². The molecule has 72 heavy (non-hydrogen) atoms. The Hall–Kier alpha value is -7.54. The van der Waals surface area contributed by atoms with Crippen LogP contribution in [-0.2, 0) is 32.1 Å². The van der Waals surface area contributed by atoms with Crippen molar-refractivity contribution in [1.82, 2.24) is 20.2 Å². The highest BCUT2D eigenvalue weighted by Crippen LogP contribution is 2.38. The molecule has 4 aliphatic heterocycles. The highest BCUT2D eigenvalue weighted by atomic mass is 32.1. The third-order valence-corrected chi connectivity index (χ3v) is 15.3. The fourth-order valence-corrected chi connectivity index (χ4v) is 11.6. The van der Waals surface area contributed by atoms with Crippen LogP contribution in [0.1, 0.15) is 81.6 Å². The summed E-state index contributed by atoms with van der Waals surface area (Å²) in [6, 6.07) is 28.3. The van der Waals surface area contributed by atoms with E-state index in [4.69, 9.17) is 19.9 Å². The quantitative estimate of drug-likeness (QED) is 0.0311. The molecule has 4 aromatic carbocycles. The van der Waals surface area contributed by atoms with Gasteiger partial charge in [-0.05, 0) is 122 Å². The number of amides is 4. The number of hydrogen-bond acceptors (Lipinski definition) is 14. The summed E-state index contributed by atoms with van der Waals surface area (Å²) in [6.07, 6.45) is 4.70. The van der Waals surface area contributed by atoms with Gasteiger partial charge in [0, 0.05) is 66.7 Å². The first-order valence-corrected chi connectivity index (χ1v) is 25.1. The molecule has 0 radical (unpaired) electrons. The Morgan fingerprint density at radius 1 is 0.875 bits per heavy atom. The number of carbonyl (C=O) groups is 5. The second-order valence-corrected chi connectivity index (χ2v) is 19.7. The van der Waals surface area contributed by atoms with E-state index in [-0.39, 0.29) is 66.7 Å². The maximum Gasteiger partial charge on any atom is 0.355 e. The first kappa shape index (κ1) is 48.1. The van der Waals surface area contributed by atoms with Crippen molar-refractivity contribution in [3.8, 4) is 16.9 Å².